The number of hydrogen-bond acceptors (Lipinski definition) is 4. The van der Waals surface area contributed by atoms with E-state index in [4.69, 9.17) is 16.4 Å². The van der Waals surface area contributed by atoms with E-state index in [1.54, 1.807) is 48.5 Å². The Balaban J connectivity index is 1.62. The molecule has 0 spiro atoms. The van der Waals surface area contributed by atoms with E-state index in [1.807, 2.05) is 0 Å². The molecule has 0 radical (unpaired) electrons. The Bertz CT molecular complexity index is 1230. The van der Waals surface area contributed by atoms with Gasteiger partial charge in [0.2, 0.25) is 5.91 Å². The van der Waals surface area contributed by atoms with E-state index in [0.717, 1.165) is 17.0 Å². The molecular weight excluding hydrogens is 457 g/mol. The molecule has 2 fully saturated rings. The van der Waals surface area contributed by atoms with Gasteiger partial charge in [0.15, 0.2) is 6.10 Å². The van der Waals surface area contributed by atoms with E-state index in [2.05, 4.69) is 0 Å². The van der Waals surface area contributed by atoms with Crippen molar-refractivity contribution in [2.24, 2.45) is 5.92 Å². The second kappa shape index (κ2) is 7.90. The summed E-state index contributed by atoms with van der Waals surface area (Å²) in [6.07, 6.45) is -5.76. The molecule has 3 unspecified atom stereocenters. The molecular formula is C24H16ClF3N2O3. The number of alkyl halides is 3. The van der Waals surface area contributed by atoms with Gasteiger partial charge >= 0.3 is 6.18 Å². The van der Waals surface area contributed by atoms with Crippen LogP contribution in [0.1, 0.15) is 17.2 Å². The molecule has 33 heavy (non-hydrogen) atoms. The topological polar surface area (TPSA) is 49.9 Å². The number of amides is 2. The summed E-state index contributed by atoms with van der Waals surface area (Å²) >= 11 is 6.22. The third-order valence-electron chi connectivity index (χ3n) is 5.77. The summed E-state index contributed by atoms with van der Waals surface area (Å²) in [7, 11) is 0. The molecule has 0 bridgehead atoms. The zero-order chi connectivity index (χ0) is 23.3. The molecule has 5 rings (SSSR count). The molecule has 168 valence electrons. The second-order valence-electron chi connectivity index (χ2n) is 7.74. The fourth-order valence-electron chi connectivity index (χ4n) is 4.32. The van der Waals surface area contributed by atoms with Crippen LogP contribution in [-0.2, 0) is 20.6 Å². The summed E-state index contributed by atoms with van der Waals surface area (Å²) in [5.74, 6) is -2.26. The van der Waals surface area contributed by atoms with Crippen LogP contribution in [0.15, 0.2) is 78.9 Å². The third-order valence-corrected chi connectivity index (χ3v) is 6.09. The molecule has 3 aromatic rings. The summed E-state index contributed by atoms with van der Waals surface area (Å²) in [6, 6.07) is 18.8. The molecule has 2 heterocycles. The molecule has 3 aromatic carbocycles. The number of rotatable bonds is 3. The predicted molar refractivity (Wildman–Crippen MR) is 115 cm³/mol. The lowest BCUT2D eigenvalue weighted by molar-refractivity contribution is -0.137. The Kier molecular flexibility index (Phi) is 5.14. The SMILES string of the molecule is O=C1C2ON(c3ccccc3)C(c3cccc(C(F)(F)F)c3)C2C(=O)N1c1ccccc1Cl. The number of benzene rings is 3. The van der Waals surface area contributed by atoms with E-state index < -0.39 is 41.6 Å². The minimum Gasteiger partial charge on any atom is -0.273 e. The molecule has 0 aliphatic carbocycles. The fourth-order valence-corrected chi connectivity index (χ4v) is 4.54. The Morgan fingerprint density at radius 2 is 1.55 bits per heavy atom. The number of carbonyl (C=O) groups is 2. The van der Waals surface area contributed by atoms with Gasteiger partial charge in [0.25, 0.3) is 5.91 Å². The minimum absolute atomic E-state index is 0.203. The van der Waals surface area contributed by atoms with Gasteiger partial charge in [-0.15, -0.1) is 0 Å². The van der Waals surface area contributed by atoms with Gasteiger partial charge in [-0.2, -0.15) is 13.2 Å². The molecule has 2 amide bonds. The van der Waals surface area contributed by atoms with Gasteiger partial charge in [-0.1, -0.05) is 54.1 Å². The normalized spacial score (nSPS) is 22.7. The molecule has 9 heteroatoms. The largest absolute Gasteiger partial charge is 0.416 e. The molecule has 2 aliphatic rings. The van der Waals surface area contributed by atoms with Crippen molar-refractivity contribution < 1.29 is 27.6 Å². The van der Waals surface area contributed by atoms with Crippen molar-refractivity contribution in [3.8, 4) is 0 Å². The van der Waals surface area contributed by atoms with Crippen molar-refractivity contribution in [1.82, 2.24) is 0 Å². The van der Waals surface area contributed by atoms with Crippen LogP contribution in [0.25, 0.3) is 0 Å². The summed E-state index contributed by atoms with van der Waals surface area (Å²) in [6.45, 7) is 0. The number of anilines is 2. The molecule has 0 N–H and O–H groups in total. The highest BCUT2D eigenvalue weighted by molar-refractivity contribution is 6.36. The average molecular weight is 473 g/mol. The highest BCUT2D eigenvalue weighted by Gasteiger charge is 2.60. The van der Waals surface area contributed by atoms with Gasteiger partial charge in [-0.25, -0.2) is 9.96 Å². The zero-order valence-electron chi connectivity index (χ0n) is 16.9. The second-order valence-corrected chi connectivity index (χ2v) is 8.15. The maximum Gasteiger partial charge on any atom is 0.416 e. The van der Waals surface area contributed by atoms with Crippen LogP contribution in [0, 0.1) is 5.92 Å². The first-order valence-corrected chi connectivity index (χ1v) is 10.5. The van der Waals surface area contributed by atoms with E-state index in [9.17, 15) is 22.8 Å². The first-order valence-electron chi connectivity index (χ1n) is 10.1. The lowest BCUT2D eigenvalue weighted by atomic mass is 9.89. The van der Waals surface area contributed by atoms with Gasteiger partial charge in [-0.05, 0) is 42.0 Å². The number of carbonyl (C=O) groups excluding carboxylic acids is 2. The van der Waals surface area contributed by atoms with E-state index in [-0.39, 0.29) is 16.3 Å². The number of para-hydroxylation sites is 2. The summed E-state index contributed by atoms with van der Waals surface area (Å²) < 4.78 is 40.3. The number of hydroxylamine groups is 1. The number of hydrogen-bond donors (Lipinski definition) is 0. The average Bonchev–Trinajstić information content (AvgIpc) is 3.31. The van der Waals surface area contributed by atoms with E-state index in [1.165, 1.54) is 23.3 Å². The van der Waals surface area contributed by atoms with Crippen LogP contribution in [0.2, 0.25) is 5.02 Å². The van der Waals surface area contributed by atoms with Crippen molar-refractivity contribution in [2.75, 3.05) is 9.96 Å². The molecule has 5 nitrogen and oxygen atoms in total. The maximum atomic E-state index is 13.5. The Hall–Kier alpha value is -3.36. The van der Waals surface area contributed by atoms with Crippen molar-refractivity contribution in [3.63, 3.8) is 0 Å². The molecule has 0 saturated carbocycles. The summed E-state index contributed by atoms with van der Waals surface area (Å²) in [4.78, 5) is 33.6. The van der Waals surface area contributed by atoms with Crippen LogP contribution >= 0.6 is 11.6 Å². The van der Waals surface area contributed by atoms with Gasteiger partial charge in [0, 0.05) is 0 Å². The maximum absolute atomic E-state index is 13.5. The Morgan fingerprint density at radius 1 is 0.848 bits per heavy atom. The van der Waals surface area contributed by atoms with Crippen molar-refractivity contribution >= 4 is 34.8 Å². The number of nitrogens with zero attached hydrogens (tertiary/aromatic N) is 2. The van der Waals surface area contributed by atoms with Gasteiger partial charge in [0.1, 0.15) is 5.92 Å². The van der Waals surface area contributed by atoms with Gasteiger partial charge in [0.05, 0.1) is 28.0 Å². The van der Waals surface area contributed by atoms with Crippen LogP contribution in [-0.4, -0.2) is 17.9 Å². The van der Waals surface area contributed by atoms with Crippen molar-refractivity contribution in [1.29, 1.82) is 0 Å². The van der Waals surface area contributed by atoms with Gasteiger partial charge in [-0.3, -0.25) is 14.4 Å². The highest BCUT2D eigenvalue weighted by Crippen LogP contribution is 2.48. The fraction of sp³-hybridized carbons (Fsp3) is 0.167. The van der Waals surface area contributed by atoms with E-state index in [0.29, 0.717) is 5.69 Å². The third kappa shape index (κ3) is 3.55. The first kappa shape index (κ1) is 21.5. The smallest absolute Gasteiger partial charge is 0.273 e. The van der Waals surface area contributed by atoms with Crippen molar-refractivity contribution in [3.05, 3.63) is 95.0 Å². The minimum atomic E-state index is -4.56. The lowest BCUT2D eigenvalue weighted by Crippen LogP contribution is -2.37. The Labute approximate surface area is 191 Å². The summed E-state index contributed by atoms with van der Waals surface area (Å²) in [5, 5.41) is 1.56. The van der Waals surface area contributed by atoms with Crippen LogP contribution in [0.5, 0.6) is 0 Å². The standard InChI is InChI=1S/C24H16ClF3N2O3/c25-17-11-4-5-12-18(17)29-22(31)19-20(14-7-6-8-15(13-14)24(26,27)28)30(33-21(19)23(29)32)16-9-2-1-3-10-16/h1-13,19-21H. The van der Waals surface area contributed by atoms with Crippen LogP contribution < -0.4 is 9.96 Å². The zero-order valence-corrected chi connectivity index (χ0v) is 17.6. The highest BCUT2D eigenvalue weighted by atomic mass is 35.5. The molecule has 2 saturated heterocycles. The molecule has 0 aromatic heterocycles. The number of fused-ring (bicyclic) bond motifs is 1. The van der Waals surface area contributed by atoms with Gasteiger partial charge < -0.3 is 0 Å². The molecule has 2 aliphatic heterocycles. The summed E-state index contributed by atoms with van der Waals surface area (Å²) in [5.41, 5.74) is 0.0833. The monoisotopic (exact) mass is 472 g/mol. The predicted octanol–water partition coefficient (Wildman–Crippen LogP) is 5.41. The Morgan fingerprint density at radius 3 is 2.24 bits per heavy atom. The quantitative estimate of drug-likeness (QED) is 0.478. The van der Waals surface area contributed by atoms with Crippen molar-refractivity contribution in [2.45, 2.75) is 18.3 Å². The number of imide groups is 1. The first-order chi connectivity index (χ1) is 15.8. The van der Waals surface area contributed by atoms with E-state index >= 15 is 0 Å². The molecule has 3 atom stereocenters. The van der Waals surface area contributed by atoms with Crippen LogP contribution in [0.3, 0.4) is 0 Å². The van der Waals surface area contributed by atoms with Crippen LogP contribution in [0.4, 0.5) is 24.5 Å². The lowest BCUT2D eigenvalue weighted by Gasteiger charge is -2.29. The number of halogens is 4.